The highest BCUT2D eigenvalue weighted by Crippen LogP contribution is 2.35. The number of anilines is 1. The van der Waals surface area contributed by atoms with Gasteiger partial charge in [0, 0.05) is 17.0 Å². The van der Waals surface area contributed by atoms with Gasteiger partial charge in [-0.25, -0.2) is 0 Å². The Labute approximate surface area is 136 Å². The fraction of sp³-hybridized carbons (Fsp3) is 0.556. The van der Waals surface area contributed by atoms with Gasteiger partial charge in [0.05, 0.1) is 11.6 Å². The van der Waals surface area contributed by atoms with Gasteiger partial charge >= 0.3 is 0 Å². The summed E-state index contributed by atoms with van der Waals surface area (Å²) in [7, 11) is 0. The number of nitrogens with zero attached hydrogens (tertiary/aromatic N) is 2. The zero-order valence-corrected chi connectivity index (χ0v) is 13.7. The summed E-state index contributed by atoms with van der Waals surface area (Å²) in [5, 5.41) is 4.56. The highest BCUT2D eigenvalue weighted by Gasteiger charge is 2.32. The number of aryl methyl sites for hydroxylation is 3. The van der Waals surface area contributed by atoms with Crippen LogP contribution in [0.1, 0.15) is 71.5 Å². The Morgan fingerprint density at radius 1 is 1.35 bits per heavy atom. The molecule has 0 aromatic carbocycles. The minimum absolute atomic E-state index is 0.0412. The average Bonchev–Trinajstić information content (AvgIpc) is 3.15. The molecule has 0 saturated carbocycles. The topological polar surface area (TPSA) is 76.7 Å². The Kier molecular flexibility index (Phi) is 3.51. The molecule has 1 atom stereocenters. The number of fused-ring (bicyclic) bond motifs is 2. The van der Waals surface area contributed by atoms with Crippen LogP contribution in [0.3, 0.4) is 0 Å². The zero-order valence-electron chi connectivity index (χ0n) is 13.7. The van der Waals surface area contributed by atoms with E-state index in [4.69, 9.17) is 5.73 Å². The Morgan fingerprint density at radius 2 is 2.17 bits per heavy atom. The van der Waals surface area contributed by atoms with Crippen LogP contribution in [0.4, 0.5) is 5.82 Å². The van der Waals surface area contributed by atoms with Crippen molar-refractivity contribution in [2.75, 3.05) is 5.73 Å². The van der Waals surface area contributed by atoms with Gasteiger partial charge in [-0.1, -0.05) is 6.92 Å². The Bertz CT molecular complexity index is 755. The number of hydrogen-bond acceptors (Lipinski definition) is 3. The van der Waals surface area contributed by atoms with Crippen molar-refractivity contribution in [1.82, 2.24) is 14.8 Å². The number of hydrogen-bond donors (Lipinski definition) is 2. The molecule has 23 heavy (non-hydrogen) atoms. The number of rotatable bonds is 2. The number of nitrogens with one attached hydrogen (secondary N) is 1. The Morgan fingerprint density at radius 3 is 2.96 bits per heavy atom. The lowest BCUT2D eigenvalue weighted by Gasteiger charge is -2.21. The van der Waals surface area contributed by atoms with Crippen LogP contribution in [0.25, 0.3) is 0 Å². The van der Waals surface area contributed by atoms with Crippen LogP contribution >= 0.6 is 0 Å². The Hall–Kier alpha value is -2.04. The molecule has 4 rings (SSSR count). The maximum atomic E-state index is 13.1. The highest BCUT2D eigenvalue weighted by atomic mass is 16.2. The predicted molar refractivity (Wildman–Crippen MR) is 89.8 cm³/mol. The van der Waals surface area contributed by atoms with E-state index in [2.05, 4.69) is 23.1 Å². The van der Waals surface area contributed by atoms with E-state index in [0.717, 1.165) is 68.2 Å². The number of carbonyl (C=O) groups is 1. The first-order chi connectivity index (χ1) is 11.2. The summed E-state index contributed by atoms with van der Waals surface area (Å²) in [6, 6.07) is 2.16. The predicted octanol–water partition coefficient (Wildman–Crippen LogP) is 2.99. The maximum absolute atomic E-state index is 13.1. The van der Waals surface area contributed by atoms with Crippen LogP contribution in [0, 0.1) is 0 Å². The van der Waals surface area contributed by atoms with E-state index in [0.29, 0.717) is 5.82 Å². The number of nitrogen functional groups attached to an aromatic ring is 1. The second kappa shape index (κ2) is 5.55. The standard InChI is InChI=1S/C18H24N4O/c1-2-11-10-14-12(7-5-9-15(14)20-11)18(23)22-17(19)13-6-3-4-8-16(13)21-22/h10,12,20H,2-9,19H2,1H3/t12-/m1/s1. The lowest BCUT2D eigenvalue weighted by molar-refractivity contribution is 0.0854. The normalized spacial score (nSPS) is 20.1. The lowest BCUT2D eigenvalue weighted by Crippen LogP contribution is -2.25. The average molecular weight is 312 g/mol. The van der Waals surface area contributed by atoms with Gasteiger partial charge in [0.15, 0.2) is 0 Å². The van der Waals surface area contributed by atoms with Crippen LogP contribution in [-0.2, 0) is 25.7 Å². The molecule has 122 valence electrons. The molecule has 0 radical (unpaired) electrons. The van der Waals surface area contributed by atoms with Crippen molar-refractivity contribution in [2.45, 2.75) is 64.2 Å². The van der Waals surface area contributed by atoms with Gasteiger partial charge in [-0.3, -0.25) is 4.79 Å². The number of aromatic nitrogens is 3. The molecule has 2 heterocycles. The van der Waals surface area contributed by atoms with Gasteiger partial charge in [0.25, 0.3) is 5.91 Å². The first kappa shape index (κ1) is 14.5. The van der Waals surface area contributed by atoms with Crippen molar-refractivity contribution in [1.29, 1.82) is 0 Å². The Balaban J connectivity index is 1.71. The zero-order chi connectivity index (χ0) is 16.0. The van der Waals surface area contributed by atoms with Gasteiger partial charge in [0.1, 0.15) is 5.82 Å². The third-order valence-electron chi connectivity index (χ3n) is 5.37. The molecule has 2 aromatic rings. The largest absolute Gasteiger partial charge is 0.383 e. The van der Waals surface area contributed by atoms with Gasteiger partial charge in [-0.2, -0.15) is 9.78 Å². The van der Waals surface area contributed by atoms with Crippen molar-refractivity contribution in [3.05, 3.63) is 34.3 Å². The quantitative estimate of drug-likeness (QED) is 0.895. The molecule has 3 N–H and O–H groups in total. The fourth-order valence-electron chi connectivity index (χ4n) is 4.07. The molecular weight excluding hydrogens is 288 g/mol. The summed E-state index contributed by atoms with van der Waals surface area (Å²) in [6.45, 7) is 2.13. The summed E-state index contributed by atoms with van der Waals surface area (Å²) in [5.74, 6) is 0.501. The SMILES string of the molecule is CCc1cc2c([nH]1)CCC[C@H]2C(=O)n1nc2c(c1N)CCCC2. The summed E-state index contributed by atoms with van der Waals surface area (Å²) < 4.78 is 1.49. The second-order valence-electron chi connectivity index (χ2n) is 6.79. The van der Waals surface area contributed by atoms with E-state index in [1.807, 2.05) is 0 Å². The monoisotopic (exact) mass is 312 g/mol. The third kappa shape index (κ3) is 2.30. The van der Waals surface area contributed by atoms with E-state index < -0.39 is 0 Å². The van der Waals surface area contributed by atoms with Crippen LogP contribution in [0.5, 0.6) is 0 Å². The van der Waals surface area contributed by atoms with Crippen LogP contribution in [0.15, 0.2) is 6.07 Å². The molecule has 0 amide bonds. The summed E-state index contributed by atoms with van der Waals surface area (Å²) in [5.41, 5.74) is 12.0. The van der Waals surface area contributed by atoms with E-state index in [9.17, 15) is 4.79 Å². The molecule has 0 aliphatic heterocycles. The number of aromatic amines is 1. The molecule has 2 aliphatic carbocycles. The molecule has 2 aromatic heterocycles. The molecule has 0 saturated heterocycles. The van der Waals surface area contributed by atoms with Gasteiger partial charge < -0.3 is 10.7 Å². The van der Waals surface area contributed by atoms with Gasteiger partial charge in [0.2, 0.25) is 0 Å². The van der Waals surface area contributed by atoms with Crippen molar-refractivity contribution in [2.24, 2.45) is 0 Å². The molecule has 5 nitrogen and oxygen atoms in total. The molecule has 0 fully saturated rings. The minimum atomic E-state index is -0.112. The van der Waals surface area contributed by atoms with Crippen molar-refractivity contribution in [3.8, 4) is 0 Å². The molecule has 0 spiro atoms. The summed E-state index contributed by atoms with van der Waals surface area (Å²) in [4.78, 5) is 16.6. The molecule has 0 unspecified atom stereocenters. The molecule has 5 heteroatoms. The summed E-state index contributed by atoms with van der Waals surface area (Å²) >= 11 is 0. The van der Waals surface area contributed by atoms with Crippen molar-refractivity contribution in [3.63, 3.8) is 0 Å². The maximum Gasteiger partial charge on any atom is 0.256 e. The molecule has 2 aliphatic rings. The number of H-pyrrole nitrogens is 1. The van der Waals surface area contributed by atoms with E-state index >= 15 is 0 Å². The third-order valence-corrected chi connectivity index (χ3v) is 5.37. The number of carbonyl (C=O) groups excluding carboxylic acids is 1. The van der Waals surface area contributed by atoms with Gasteiger partial charge in [-0.15, -0.1) is 0 Å². The molecule has 0 bridgehead atoms. The van der Waals surface area contributed by atoms with E-state index in [1.165, 1.54) is 16.1 Å². The van der Waals surface area contributed by atoms with Crippen molar-refractivity contribution < 1.29 is 4.79 Å². The lowest BCUT2D eigenvalue weighted by atomic mass is 9.86. The molecular formula is C18H24N4O. The van der Waals surface area contributed by atoms with Crippen LogP contribution in [0.2, 0.25) is 0 Å². The smallest absolute Gasteiger partial charge is 0.256 e. The van der Waals surface area contributed by atoms with Gasteiger partial charge in [-0.05, 0) is 63.0 Å². The van der Waals surface area contributed by atoms with E-state index in [1.54, 1.807) is 0 Å². The minimum Gasteiger partial charge on any atom is -0.383 e. The highest BCUT2D eigenvalue weighted by molar-refractivity contribution is 5.88. The first-order valence-electron chi connectivity index (χ1n) is 8.80. The van der Waals surface area contributed by atoms with Crippen LogP contribution in [-0.4, -0.2) is 20.7 Å². The summed E-state index contributed by atoms with van der Waals surface area (Å²) in [6.07, 6.45) is 8.10. The first-order valence-corrected chi connectivity index (χ1v) is 8.80. The van der Waals surface area contributed by atoms with Crippen molar-refractivity contribution >= 4 is 11.7 Å². The second-order valence-corrected chi connectivity index (χ2v) is 6.79. The van der Waals surface area contributed by atoms with E-state index in [-0.39, 0.29) is 11.8 Å². The number of nitrogens with two attached hydrogens (primary N) is 1. The van der Waals surface area contributed by atoms with Crippen LogP contribution < -0.4 is 5.73 Å². The fourth-order valence-corrected chi connectivity index (χ4v) is 4.07.